The predicted molar refractivity (Wildman–Crippen MR) is 77.9 cm³/mol. The van der Waals surface area contributed by atoms with E-state index in [0.29, 0.717) is 5.56 Å². The van der Waals surface area contributed by atoms with Crippen LogP contribution in [-0.2, 0) is 10.0 Å². The van der Waals surface area contributed by atoms with Crippen molar-refractivity contribution >= 4 is 33.0 Å². The van der Waals surface area contributed by atoms with Gasteiger partial charge in [-0.25, -0.2) is 8.42 Å². The fraction of sp³-hybridized carbons (Fsp3) is 0.0833. The number of nitrogens with one attached hydrogen (secondary N) is 1. The molecule has 1 aromatic carbocycles. The summed E-state index contributed by atoms with van der Waals surface area (Å²) in [6.07, 6.45) is 2.42. The molecule has 0 aliphatic heterocycles. The molecule has 1 N–H and O–H groups in total. The van der Waals surface area contributed by atoms with Crippen molar-refractivity contribution in [2.24, 2.45) is 0 Å². The van der Waals surface area contributed by atoms with E-state index in [4.69, 9.17) is 11.6 Å². The van der Waals surface area contributed by atoms with Gasteiger partial charge in [0.2, 0.25) is 0 Å². The third-order valence-electron chi connectivity index (χ3n) is 2.62. The number of nitro groups is 1. The van der Waals surface area contributed by atoms with Crippen LogP contribution in [0.5, 0.6) is 0 Å². The summed E-state index contributed by atoms with van der Waals surface area (Å²) in [6, 6.07) is 5.45. The molecule has 2 rings (SSSR count). The summed E-state index contributed by atoms with van der Waals surface area (Å²) in [7, 11) is -4.07. The van der Waals surface area contributed by atoms with E-state index in [2.05, 4.69) is 9.71 Å². The van der Waals surface area contributed by atoms with Gasteiger partial charge in [0.25, 0.3) is 15.7 Å². The molecule has 1 heterocycles. The molecule has 0 aliphatic rings. The van der Waals surface area contributed by atoms with Crippen molar-refractivity contribution in [1.82, 2.24) is 4.98 Å². The van der Waals surface area contributed by atoms with Crippen molar-refractivity contribution in [2.75, 3.05) is 4.72 Å². The number of pyridine rings is 1. The molecule has 0 atom stereocenters. The van der Waals surface area contributed by atoms with Crippen LogP contribution < -0.4 is 4.72 Å². The van der Waals surface area contributed by atoms with Crippen molar-refractivity contribution in [3.63, 3.8) is 0 Å². The molecule has 7 nitrogen and oxygen atoms in total. The largest absolute Gasteiger partial charge is 0.293 e. The predicted octanol–water partition coefficient (Wildman–Crippen LogP) is 2.75. The second-order valence-corrected chi connectivity index (χ2v) is 6.25. The lowest BCUT2D eigenvalue weighted by atomic mass is 10.2. The van der Waals surface area contributed by atoms with Gasteiger partial charge in [-0.3, -0.25) is 19.8 Å². The highest BCUT2D eigenvalue weighted by atomic mass is 35.5. The van der Waals surface area contributed by atoms with E-state index in [1.54, 1.807) is 6.92 Å². The molecule has 21 heavy (non-hydrogen) atoms. The van der Waals surface area contributed by atoms with E-state index in [1.807, 2.05) is 0 Å². The minimum absolute atomic E-state index is 0.0205. The van der Waals surface area contributed by atoms with E-state index >= 15 is 0 Å². The van der Waals surface area contributed by atoms with Gasteiger partial charge in [-0.15, -0.1) is 0 Å². The Bertz CT molecular complexity index is 808. The van der Waals surface area contributed by atoms with Crippen molar-refractivity contribution in [1.29, 1.82) is 0 Å². The average molecular weight is 328 g/mol. The van der Waals surface area contributed by atoms with E-state index in [1.165, 1.54) is 30.5 Å². The molecule has 0 fully saturated rings. The number of sulfonamides is 1. The van der Waals surface area contributed by atoms with E-state index in [0.717, 1.165) is 6.20 Å². The third-order valence-corrected chi connectivity index (χ3v) is 4.45. The number of aromatic nitrogens is 1. The van der Waals surface area contributed by atoms with Crippen molar-refractivity contribution in [3.05, 3.63) is 57.4 Å². The zero-order chi connectivity index (χ0) is 15.6. The van der Waals surface area contributed by atoms with Gasteiger partial charge in [0.1, 0.15) is 10.6 Å². The van der Waals surface area contributed by atoms with Crippen LogP contribution >= 0.6 is 11.6 Å². The second-order valence-electron chi connectivity index (χ2n) is 4.19. The van der Waals surface area contributed by atoms with Gasteiger partial charge >= 0.3 is 0 Å². The van der Waals surface area contributed by atoms with Crippen LogP contribution in [0.4, 0.5) is 11.4 Å². The number of hydrogen-bond donors (Lipinski definition) is 1. The summed E-state index contributed by atoms with van der Waals surface area (Å²) in [5.74, 6) is 0. The van der Waals surface area contributed by atoms with Crippen LogP contribution in [0, 0.1) is 17.0 Å². The van der Waals surface area contributed by atoms with Gasteiger partial charge in [-0.2, -0.15) is 0 Å². The number of nitrogens with zero attached hydrogens (tertiary/aromatic N) is 2. The summed E-state index contributed by atoms with van der Waals surface area (Å²) in [6.45, 7) is 1.69. The highest BCUT2D eigenvalue weighted by Crippen LogP contribution is 2.29. The van der Waals surface area contributed by atoms with E-state index < -0.39 is 14.9 Å². The third kappa shape index (κ3) is 3.29. The van der Waals surface area contributed by atoms with Gasteiger partial charge in [0, 0.05) is 18.5 Å². The van der Waals surface area contributed by atoms with Gasteiger partial charge in [0.15, 0.2) is 0 Å². The van der Waals surface area contributed by atoms with Crippen LogP contribution in [0.25, 0.3) is 0 Å². The molecule has 2 aromatic rings. The quantitative estimate of drug-likeness (QED) is 0.687. The zero-order valence-electron chi connectivity index (χ0n) is 10.8. The Kier molecular flexibility index (Phi) is 4.10. The summed E-state index contributed by atoms with van der Waals surface area (Å²) in [5.41, 5.74) is 0.208. The van der Waals surface area contributed by atoms with Crippen molar-refractivity contribution in [3.8, 4) is 0 Å². The molecule has 0 bridgehead atoms. The van der Waals surface area contributed by atoms with Crippen LogP contribution in [0.1, 0.15) is 5.56 Å². The number of aryl methyl sites for hydroxylation is 1. The molecule has 0 aliphatic carbocycles. The first-order valence-electron chi connectivity index (χ1n) is 5.68. The number of nitro benzene ring substituents is 1. The molecule has 0 saturated carbocycles. The number of halogens is 1. The number of benzene rings is 1. The van der Waals surface area contributed by atoms with Gasteiger partial charge in [-0.1, -0.05) is 17.7 Å². The average Bonchev–Trinajstić information content (AvgIpc) is 2.38. The lowest BCUT2D eigenvalue weighted by molar-refractivity contribution is -0.383. The van der Waals surface area contributed by atoms with Crippen LogP contribution in [0.2, 0.25) is 5.02 Å². The number of rotatable bonds is 4. The minimum Gasteiger partial charge on any atom is -0.273 e. The summed E-state index contributed by atoms with van der Waals surface area (Å²) < 4.78 is 26.7. The topological polar surface area (TPSA) is 102 Å². The number of anilines is 1. The van der Waals surface area contributed by atoms with Crippen LogP contribution in [-0.4, -0.2) is 18.3 Å². The monoisotopic (exact) mass is 327 g/mol. The molecule has 0 saturated heterocycles. The lowest BCUT2D eigenvalue weighted by Crippen LogP contribution is -2.15. The Balaban J connectivity index is 2.49. The van der Waals surface area contributed by atoms with E-state index in [9.17, 15) is 18.5 Å². The highest BCUT2D eigenvalue weighted by Gasteiger charge is 2.23. The van der Waals surface area contributed by atoms with Crippen molar-refractivity contribution in [2.45, 2.75) is 11.8 Å². The van der Waals surface area contributed by atoms with Gasteiger partial charge < -0.3 is 0 Å². The van der Waals surface area contributed by atoms with Gasteiger partial charge in [0.05, 0.1) is 9.95 Å². The highest BCUT2D eigenvalue weighted by molar-refractivity contribution is 7.92. The van der Waals surface area contributed by atoms with Gasteiger partial charge in [-0.05, 0) is 24.6 Å². The Hall–Kier alpha value is -2.19. The SMILES string of the molecule is Cc1ccc([N+](=O)[O-])c(NS(=O)(=O)c2cnccc2Cl)c1. The van der Waals surface area contributed by atoms with E-state index in [-0.39, 0.29) is 21.3 Å². The Labute approximate surface area is 125 Å². The molecule has 110 valence electrons. The first-order valence-corrected chi connectivity index (χ1v) is 7.55. The Morgan fingerprint density at radius 2 is 2.05 bits per heavy atom. The lowest BCUT2D eigenvalue weighted by Gasteiger charge is -2.09. The van der Waals surface area contributed by atoms with Crippen LogP contribution in [0.3, 0.4) is 0 Å². The summed E-state index contributed by atoms with van der Waals surface area (Å²) in [5, 5.41) is 10.9. The maximum Gasteiger partial charge on any atom is 0.293 e. The van der Waals surface area contributed by atoms with Crippen molar-refractivity contribution < 1.29 is 13.3 Å². The Morgan fingerprint density at radius 1 is 1.33 bits per heavy atom. The normalized spacial score (nSPS) is 11.1. The molecule has 9 heteroatoms. The zero-order valence-corrected chi connectivity index (χ0v) is 12.4. The molecule has 0 radical (unpaired) electrons. The summed E-state index contributed by atoms with van der Waals surface area (Å²) in [4.78, 5) is 13.7. The maximum absolute atomic E-state index is 12.3. The fourth-order valence-electron chi connectivity index (χ4n) is 1.65. The maximum atomic E-state index is 12.3. The molecular formula is C12H10ClN3O4S. The minimum atomic E-state index is -4.07. The molecule has 1 aromatic heterocycles. The molecule has 0 amide bonds. The fourth-order valence-corrected chi connectivity index (χ4v) is 3.15. The summed E-state index contributed by atoms with van der Waals surface area (Å²) >= 11 is 5.82. The standard InChI is InChI=1S/C12H10ClN3O4S/c1-8-2-3-11(16(17)18)10(6-8)15-21(19,20)12-7-14-5-4-9(12)13/h2-7,15H,1H3. The molecular weight excluding hydrogens is 318 g/mol. The first-order chi connectivity index (χ1) is 9.81. The van der Waals surface area contributed by atoms with Crippen LogP contribution in [0.15, 0.2) is 41.6 Å². The smallest absolute Gasteiger partial charge is 0.273 e. The second kappa shape index (κ2) is 5.66. The Morgan fingerprint density at radius 3 is 2.67 bits per heavy atom. The number of hydrogen-bond acceptors (Lipinski definition) is 5. The molecule has 0 spiro atoms. The first kappa shape index (κ1) is 15.2. The molecule has 0 unspecified atom stereocenters.